The molecule has 0 radical (unpaired) electrons. The van der Waals surface area contributed by atoms with Gasteiger partial charge in [-0.2, -0.15) is 0 Å². The molecule has 2 aromatic carbocycles. The third kappa shape index (κ3) is 5.74. The number of ether oxygens (including phenoxy) is 1. The first-order valence-corrected chi connectivity index (χ1v) is 11.6. The molecule has 3 rings (SSSR count). The van der Waals surface area contributed by atoms with Gasteiger partial charge in [0.05, 0.1) is 22.5 Å². The highest BCUT2D eigenvalue weighted by Gasteiger charge is 2.25. The van der Waals surface area contributed by atoms with Crippen LogP contribution in [0.2, 0.25) is 5.02 Å². The number of para-hydroxylation sites is 1. The quantitative estimate of drug-likeness (QED) is 0.630. The van der Waals surface area contributed by atoms with Crippen molar-refractivity contribution in [1.82, 2.24) is 4.90 Å². The fraction of sp³-hybridized carbons (Fsp3) is 0.440. The van der Waals surface area contributed by atoms with Gasteiger partial charge in [-0.05, 0) is 49.7 Å². The van der Waals surface area contributed by atoms with Crippen LogP contribution in [-0.2, 0) is 4.79 Å². The van der Waals surface area contributed by atoms with E-state index in [1.54, 1.807) is 12.1 Å². The van der Waals surface area contributed by atoms with Gasteiger partial charge in [-0.25, -0.2) is 0 Å². The van der Waals surface area contributed by atoms with Crippen LogP contribution in [0.4, 0.5) is 11.4 Å². The lowest BCUT2D eigenvalue weighted by molar-refractivity contribution is -0.134. The van der Waals surface area contributed by atoms with Crippen LogP contribution in [0.3, 0.4) is 0 Å². The molecular weight excluding hydrogens is 426 g/mol. The maximum absolute atomic E-state index is 12.9. The molecule has 1 aliphatic heterocycles. The Morgan fingerprint density at radius 1 is 1.03 bits per heavy atom. The average molecular weight is 458 g/mol. The maximum Gasteiger partial charge on any atom is 0.255 e. The molecule has 1 saturated heterocycles. The number of amides is 2. The second-order valence-corrected chi connectivity index (χ2v) is 8.83. The summed E-state index contributed by atoms with van der Waals surface area (Å²) in [5.41, 5.74) is 1.99. The minimum absolute atomic E-state index is 0.0151. The molecule has 1 fully saturated rings. The lowest BCUT2D eigenvalue weighted by Gasteiger charge is -2.38. The third-order valence-electron chi connectivity index (χ3n) is 5.67. The number of carbonyl (C=O) groups is 2. The van der Waals surface area contributed by atoms with Gasteiger partial charge in [0.25, 0.3) is 5.91 Å². The Balaban J connectivity index is 1.71. The van der Waals surface area contributed by atoms with Crippen LogP contribution in [0.25, 0.3) is 0 Å². The maximum atomic E-state index is 12.9. The van der Waals surface area contributed by atoms with Gasteiger partial charge >= 0.3 is 0 Å². The van der Waals surface area contributed by atoms with Crippen molar-refractivity contribution in [2.75, 3.05) is 36.4 Å². The highest BCUT2D eigenvalue weighted by Crippen LogP contribution is 2.35. The number of benzene rings is 2. The minimum atomic E-state index is -0.211. The van der Waals surface area contributed by atoms with E-state index >= 15 is 0 Å². The molecule has 0 saturated carbocycles. The molecule has 1 heterocycles. The minimum Gasteiger partial charge on any atom is -0.491 e. The molecule has 1 aliphatic rings. The van der Waals surface area contributed by atoms with Crippen molar-refractivity contribution in [2.24, 2.45) is 5.92 Å². The Morgan fingerprint density at radius 2 is 1.69 bits per heavy atom. The van der Waals surface area contributed by atoms with Gasteiger partial charge < -0.3 is 19.9 Å². The number of anilines is 2. The fourth-order valence-corrected chi connectivity index (χ4v) is 3.94. The van der Waals surface area contributed by atoms with E-state index in [-0.39, 0.29) is 23.8 Å². The first kappa shape index (κ1) is 23.9. The zero-order chi connectivity index (χ0) is 23.3. The summed E-state index contributed by atoms with van der Waals surface area (Å²) in [6.45, 7) is 10.5. The number of halogens is 1. The van der Waals surface area contributed by atoms with Crippen LogP contribution < -0.4 is 15.0 Å². The molecule has 1 unspecified atom stereocenters. The molecule has 7 heteroatoms. The first-order valence-electron chi connectivity index (χ1n) is 11.2. The van der Waals surface area contributed by atoms with Crippen molar-refractivity contribution in [1.29, 1.82) is 0 Å². The molecule has 2 amide bonds. The van der Waals surface area contributed by atoms with Crippen molar-refractivity contribution < 1.29 is 14.3 Å². The van der Waals surface area contributed by atoms with Gasteiger partial charge in [-0.1, -0.05) is 38.4 Å². The summed E-state index contributed by atoms with van der Waals surface area (Å²) in [6.07, 6.45) is 1.04. The number of hydrogen-bond acceptors (Lipinski definition) is 4. The van der Waals surface area contributed by atoms with E-state index in [0.29, 0.717) is 42.5 Å². The predicted octanol–water partition coefficient (Wildman–Crippen LogP) is 5.07. The van der Waals surface area contributed by atoms with Gasteiger partial charge in [0.1, 0.15) is 5.75 Å². The molecule has 1 atom stereocenters. The Morgan fingerprint density at radius 3 is 2.28 bits per heavy atom. The van der Waals surface area contributed by atoms with Gasteiger partial charge in [-0.3, -0.25) is 9.59 Å². The molecule has 0 spiro atoms. The molecule has 1 N–H and O–H groups in total. The van der Waals surface area contributed by atoms with Crippen LogP contribution in [-0.4, -0.2) is 49.0 Å². The van der Waals surface area contributed by atoms with Crippen molar-refractivity contribution in [2.45, 2.75) is 40.2 Å². The second-order valence-electron chi connectivity index (χ2n) is 8.42. The van der Waals surface area contributed by atoms with Gasteiger partial charge in [0.2, 0.25) is 5.91 Å². The molecule has 2 aromatic rings. The lowest BCUT2D eigenvalue weighted by Crippen LogP contribution is -2.50. The Bertz CT molecular complexity index is 938. The second kappa shape index (κ2) is 10.7. The van der Waals surface area contributed by atoms with E-state index in [1.807, 2.05) is 56.0 Å². The Kier molecular flexibility index (Phi) is 8.02. The van der Waals surface area contributed by atoms with Gasteiger partial charge in [0, 0.05) is 37.7 Å². The Hall–Kier alpha value is -2.73. The van der Waals surface area contributed by atoms with Gasteiger partial charge in [0.15, 0.2) is 0 Å². The van der Waals surface area contributed by atoms with E-state index in [4.69, 9.17) is 16.3 Å². The number of nitrogens with one attached hydrogen (secondary N) is 1. The summed E-state index contributed by atoms with van der Waals surface area (Å²) in [4.78, 5) is 29.2. The molecule has 0 aliphatic carbocycles. The molecular formula is C25H32ClN3O3. The Labute approximate surface area is 195 Å². The zero-order valence-corrected chi connectivity index (χ0v) is 20.0. The highest BCUT2D eigenvalue weighted by atomic mass is 35.5. The predicted molar refractivity (Wildman–Crippen MR) is 130 cm³/mol. The van der Waals surface area contributed by atoms with Crippen LogP contribution in [0.1, 0.15) is 44.5 Å². The standard InChI is InChI=1S/C25H32ClN3O3/c1-5-18(4)32-20-11-9-19(10-12-20)24(30)27-22-8-6-7-21(26)23(22)28-13-15-29(16-14-28)25(31)17(2)3/h6-12,17-18H,5,13-16H2,1-4H3,(H,27,30). The van der Waals surface area contributed by atoms with Gasteiger partial charge in [-0.15, -0.1) is 0 Å². The summed E-state index contributed by atoms with van der Waals surface area (Å²) in [7, 11) is 0. The van der Waals surface area contributed by atoms with E-state index in [1.165, 1.54) is 0 Å². The number of carbonyl (C=O) groups excluding carboxylic acids is 2. The molecule has 0 bridgehead atoms. The number of nitrogens with zero attached hydrogens (tertiary/aromatic N) is 2. The lowest BCUT2D eigenvalue weighted by atomic mass is 10.1. The van der Waals surface area contributed by atoms with Crippen LogP contribution >= 0.6 is 11.6 Å². The number of rotatable bonds is 7. The third-order valence-corrected chi connectivity index (χ3v) is 5.97. The van der Waals surface area contributed by atoms with Crippen LogP contribution in [0.15, 0.2) is 42.5 Å². The van der Waals surface area contributed by atoms with Crippen molar-refractivity contribution >= 4 is 34.8 Å². The molecule has 172 valence electrons. The molecule has 32 heavy (non-hydrogen) atoms. The smallest absolute Gasteiger partial charge is 0.255 e. The normalized spacial score (nSPS) is 14.9. The number of piperazine rings is 1. The van der Waals surface area contributed by atoms with Crippen molar-refractivity contribution in [3.05, 3.63) is 53.1 Å². The van der Waals surface area contributed by atoms with E-state index in [9.17, 15) is 9.59 Å². The van der Waals surface area contributed by atoms with Crippen molar-refractivity contribution in [3.8, 4) is 5.75 Å². The van der Waals surface area contributed by atoms with E-state index < -0.39 is 0 Å². The molecule has 6 nitrogen and oxygen atoms in total. The fourth-order valence-electron chi connectivity index (χ4n) is 3.65. The number of hydrogen-bond donors (Lipinski definition) is 1. The first-order chi connectivity index (χ1) is 15.3. The topological polar surface area (TPSA) is 61.9 Å². The summed E-state index contributed by atoms with van der Waals surface area (Å²) in [5, 5.41) is 3.58. The van der Waals surface area contributed by atoms with E-state index in [0.717, 1.165) is 17.9 Å². The SMILES string of the molecule is CCC(C)Oc1ccc(C(=O)Nc2cccc(Cl)c2N2CCN(C(=O)C(C)C)CC2)cc1. The monoisotopic (exact) mass is 457 g/mol. The summed E-state index contributed by atoms with van der Waals surface area (Å²) in [6, 6.07) is 12.6. The van der Waals surface area contributed by atoms with Crippen LogP contribution in [0, 0.1) is 5.92 Å². The zero-order valence-electron chi connectivity index (χ0n) is 19.2. The van der Waals surface area contributed by atoms with Crippen molar-refractivity contribution in [3.63, 3.8) is 0 Å². The summed E-state index contributed by atoms with van der Waals surface area (Å²) >= 11 is 6.53. The summed E-state index contributed by atoms with van der Waals surface area (Å²) in [5.74, 6) is 0.683. The van der Waals surface area contributed by atoms with Crippen LogP contribution in [0.5, 0.6) is 5.75 Å². The molecule has 0 aromatic heterocycles. The summed E-state index contributed by atoms with van der Waals surface area (Å²) < 4.78 is 5.79. The highest BCUT2D eigenvalue weighted by molar-refractivity contribution is 6.34. The van der Waals surface area contributed by atoms with E-state index in [2.05, 4.69) is 17.1 Å². The largest absolute Gasteiger partial charge is 0.491 e. The average Bonchev–Trinajstić information content (AvgIpc) is 2.79.